The van der Waals surface area contributed by atoms with E-state index in [1.54, 1.807) is 0 Å². The summed E-state index contributed by atoms with van der Waals surface area (Å²) in [4.78, 5) is 0. The van der Waals surface area contributed by atoms with Crippen molar-refractivity contribution < 1.29 is 9.47 Å². The van der Waals surface area contributed by atoms with Crippen molar-refractivity contribution in [1.29, 1.82) is 0 Å². The third-order valence-corrected chi connectivity index (χ3v) is 2.43. The molecule has 0 saturated carbocycles. The van der Waals surface area contributed by atoms with E-state index in [0.29, 0.717) is 0 Å². The van der Waals surface area contributed by atoms with Gasteiger partial charge in [-0.3, -0.25) is 0 Å². The Kier molecular flexibility index (Phi) is 5.94. The minimum absolute atomic E-state index is 0.0357. The lowest BCUT2D eigenvalue weighted by molar-refractivity contribution is -0.105. The van der Waals surface area contributed by atoms with Gasteiger partial charge in [0.15, 0.2) is 6.29 Å². The van der Waals surface area contributed by atoms with Gasteiger partial charge in [0.2, 0.25) is 0 Å². The first-order valence-electron chi connectivity index (χ1n) is 6.19. The molecule has 2 nitrogen and oxygen atoms in total. The topological polar surface area (TPSA) is 18.5 Å². The molecule has 0 bridgehead atoms. The number of hydrogen-bond donors (Lipinski definition) is 0. The van der Waals surface area contributed by atoms with Crippen LogP contribution >= 0.6 is 0 Å². The van der Waals surface area contributed by atoms with Crippen LogP contribution in [0.15, 0.2) is 24.3 Å². The van der Waals surface area contributed by atoms with E-state index in [4.69, 9.17) is 9.47 Å². The Morgan fingerprint density at radius 1 is 1.12 bits per heavy atom. The van der Waals surface area contributed by atoms with Crippen LogP contribution in [0, 0.1) is 6.92 Å². The molecule has 1 heterocycles. The van der Waals surface area contributed by atoms with Gasteiger partial charge in [0, 0.05) is 6.42 Å². The lowest BCUT2D eigenvalue weighted by Gasteiger charge is -2.23. The fraction of sp³-hybridized carbons (Fsp3) is 0.571. The molecule has 1 aliphatic heterocycles. The normalized spacial score (nSPS) is 19.6. The van der Waals surface area contributed by atoms with Crippen molar-refractivity contribution in [3.63, 3.8) is 0 Å². The maximum atomic E-state index is 5.69. The Labute approximate surface area is 98.6 Å². The van der Waals surface area contributed by atoms with E-state index < -0.39 is 0 Å². The van der Waals surface area contributed by atoms with Gasteiger partial charge < -0.3 is 9.47 Å². The van der Waals surface area contributed by atoms with Crippen LogP contribution in [-0.4, -0.2) is 12.9 Å². The van der Waals surface area contributed by atoms with E-state index in [-0.39, 0.29) is 6.29 Å². The van der Waals surface area contributed by atoms with Crippen molar-refractivity contribution >= 4 is 0 Å². The molecule has 1 aromatic rings. The van der Waals surface area contributed by atoms with Gasteiger partial charge in [0.1, 0.15) is 5.75 Å². The third-order valence-electron chi connectivity index (χ3n) is 2.43. The molecular weight excluding hydrogens is 200 g/mol. The Hall–Kier alpha value is -1.02. The molecule has 1 saturated heterocycles. The molecule has 1 aromatic carbocycles. The lowest BCUT2D eigenvalue weighted by atomic mass is 10.2. The van der Waals surface area contributed by atoms with Crippen LogP contribution in [0.4, 0.5) is 0 Å². The van der Waals surface area contributed by atoms with E-state index in [9.17, 15) is 0 Å². The summed E-state index contributed by atoms with van der Waals surface area (Å²) < 4.78 is 11.2. The van der Waals surface area contributed by atoms with E-state index in [0.717, 1.165) is 25.2 Å². The SMILES string of the molecule is CC.Cc1ccc(OC2CCCCO2)cc1. The van der Waals surface area contributed by atoms with Crippen LogP contribution in [0.2, 0.25) is 0 Å². The van der Waals surface area contributed by atoms with Crippen molar-refractivity contribution in [2.24, 2.45) is 0 Å². The maximum absolute atomic E-state index is 5.69. The summed E-state index contributed by atoms with van der Waals surface area (Å²) in [6, 6.07) is 8.09. The highest BCUT2D eigenvalue weighted by Gasteiger charge is 2.14. The highest BCUT2D eigenvalue weighted by Crippen LogP contribution is 2.19. The monoisotopic (exact) mass is 222 g/mol. The molecule has 0 aliphatic carbocycles. The zero-order valence-corrected chi connectivity index (χ0v) is 10.5. The lowest BCUT2D eigenvalue weighted by Crippen LogP contribution is -2.24. The van der Waals surface area contributed by atoms with Crippen molar-refractivity contribution in [2.45, 2.75) is 46.3 Å². The first-order valence-corrected chi connectivity index (χ1v) is 6.19. The maximum Gasteiger partial charge on any atom is 0.199 e. The average Bonchev–Trinajstić information content (AvgIpc) is 2.36. The summed E-state index contributed by atoms with van der Waals surface area (Å²) in [6.07, 6.45) is 3.34. The van der Waals surface area contributed by atoms with Gasteiger partial charge in [-0.05, 0) is 31.9 Å². The number of hydrogen-bond acceptors (Lipinski definition) is 2. The van der Waals surface area contributed by atoms with Crippen LogP contribution in [0.5, 0.6) is 5.75 Å². The van der Waals surface area contributed by atoms with Crippen LogP contribution in [0.1, 0.15) is 38.7 Å². The molecular formula is C14H22O2. The number of benzene rings is 1. The highest BCUT2D eigenvalue weighted by molar-refractivity contribution is 5.26. The quantitative estimate of drug-likeness (QED) is 0.755. The third kappa shape index (κ3) is 4.23. The summed E-state index contributed by atoms with van der Waals surface area (Å²) in [5, 5.41) is 0. The Morgan fingerprint density at radius 2 is 1.81 bits per heavy atom. The summed E-state index contributed by atoms with van der Waals surface area (Å²) in [7, 11) is 0. The van der Waals surface area contributed by atoms with Crippen LogP contribution in [0.25, 0.3) is 0 Å². The van der Waals surface area contributed by atoms with E-state index in [2.05, 4.69) is 19.1 Å². The molecule has 2 heteroatoms. The molecule has 16 heavy (non-hydrogen) atoms. The molecule has 0 N–H and O–H groups in total. The van der Waals surface area contributed by atoms with Gasteiger partial charge in [-0.25, -0.2) is 0 Å². The summed E-state index contributed by atoms with van der Waals surface area (Å²) in [6.45, 7) is 6.90. The predicted octanol–water partition coefficient (Wildman–Crippen LogP) is 3.93. The molecule has 0 spiro atoms. The van der Waals surface area contributed by atoms with E-state index in [1.807, 2.05) is 26.0 Å². The highest BCUT2D eigenvalue weighted by atomic mass is 16.7. The molecule has 1 unspecified atom stereocenters. The first-order chi connectivity index (χ1) is 7.84. The van der Waals surface area contributed by atoms with Gasteiger partial charge in [0.25, 0.3) is 0 Å². The van der Waals surface area contributed by atoms with Gasteiger partial charge in [0.05, 0.1) is 6.61 Å². The second-order valence-electron chi connectivity index (χ2n) is 3.73. The zero-order chi connectivity index (χ0) is 11.8. The molecule has 0 aromatic heterocycles. The molecule has 1 fully saturated rings. The van der Waals surface area contributed by atoms with Crippen molar-refractivity contribution in [1.82, 2.24) is 0 Å². The second-order valence-corrected chi connectivity index (χ2v) is 3.73. The molecule has 90 valence electrons. The summed E-state index contributed by atoms with van der Waals surface area (Å²) in [5.41, 5.74) is 1.25. The van der Waals surface area contributed by atoms with Crippen molar-refractivity contribution in [2.75, 3.05) is 6.61 Å². The Balaban J connectivity index is 0.000000606. The van der Waals surface area contributed by atoms with E-state index in [1.165, 1.54) is 12.0 Å². The van der Waals surface area contributed by atoms with Crippen molar-refractivity contribution in [3.05, 3.63) is 29.8 Å². The smallest absolute Gasteiger partial charge is 0.199 e. The van der Waals surface area contributed by atoms with Crippen LogP contribution in [-0.2, 0) is 4.74 Å². The first kappa shape index (κ1) is 13.0. The van der Waals surface area contributed by atoms with Gasteiger partial charge in [-0.15, -0.1) is 0 Å². The molecule has 1 atom stereocenters. The summed E-state index contributed by atoms with van der Waals surface area (Å²) >= 11 is 0. The number of rotatable bonds is 2. The Bertz CT molecular complexity index is 273. The minimum Gasteiger partial charge on any atom is -0.465 e. The molecule has 0 amide bonds. The van der Waals surface area contributed by atoms with E-state index >= 15 is 0 Å². The van der Waals surface area contributed by atoms with Crippen molar-refractivity contribution in [3.8, 4) is 5.75 Å². The second kappa shape index (κ2) is 7.29. The average molecular weight is 222 g/mol. The zero-order valence-electron chi connectivity index (χ0n) is 10.5. The fourth-order valence-electron chi connectivity index (χ4n) is 1.57. The standard InChI is InChI=1S/C12H16O2.C2H6/c1-10-5-7-11(8-6-10)14-12-4-2-3-9-13-12;1-2/h5-8,12H,2-4,9H2,1H3;1-2H3. The predicted molar refractivity (Wildman–Crippen MR) is 66.7 cm³/mol. The Morgan fingerprint density at radius 3 is 2.38 bits per heavy atom. The molecule has 2 rings (SSSR count). The fourth-order valence-corrected chi connectivity index (χ4v) is 1.57. The summed E-state index contributed by atoms with van der Waals surface area (Å²) in [5.74, 6) is 0.905. The van der Waals surface area contributed by atoms with Crippen LogP contribution < -0.4 is 4.74 Å². The number of ether oxygens (including phenoxy) is 2. The largest absolute Gasteiger partial charge is 0.465 e. The molecule has 0 radical (unpaired) electrons. The minimum atomic E-state index is -0.0357. The van der Waals surface area contributed by atoms with Gasteiger partial charge in [-0.1, -0.05) is 31.5 Å². The van der Waals surface area contributed by atoms with Gasteiger partial charge >= 0.3 is 0 Å². The van der Waals surface area contributed by atoms with Crippen LogP contribution in [0.3, 0.4) is 0 Å². The molecule has 1 aliphatic rings. The van der Waals surface area contributed by atoms with Gasteiger partial charge in [-0.2, -0.15) is 0 Å². The number of aryl methyl sites for hydroxylation is 1.